The number of fused-ring (bicyclic) bond motifs is 1. The van der Waals surface area contributed by atoms with Gasteiger partial charge in [-0.25, -0.2) is 9.18 Å². The molecule has 3 nitrogen and oxygen atoms in total. The molecule has 1 aliphatic rings. The fourth-order valence-electron chi connectivity index (χ4n) is 5.01. The molecule has 0 aromatic heterocycles. The average molecular weight is 512 g/mol. The van der Waals surface area contributed by atoms with E-state index in [9.17, 15) is 9.18 Å². The average Bonchev–Trinajstić information content (AvgIpc) is 3.22. The third kappa shape index (κ3) is 5.24. The number of nitrogens with zero attached hydrogens (tertiary/aromatic N) is 1. The van der Waals surface area contributed by atoms with Crippen molar-refractivity contribution in [1.82, 2.24) is 4.90 Å². The summed E-state index contributed by atoms with van der Waals surface area (Å²) in [6, 6.07) is 19.0. The van der Waals surface area contributed by atoms with Crippen LogP contribution in [0.3, 0.4) is 0 Å². The zero-order valence-electron chi connectivity index (χ0n) is 19.6. The van der Waals surface area contributed by atoms with Crippen LogP contribution in [0.4, 0.5) is 9.18 Å². The first-order chi connectivity index (χ1) is 15.6. The molecule has 3 aromatic rings. The van der Waals surface area contributed by atoms with Crippen LogP contribution in [0.5, 0.6) is 0 Å². The Morgan fingerprint density at radius 3 is 2.48 bits per heavy atom. The number of hydrogen-bond donors (Lipinski definition) is 0. The summed E-state index contributed by atoms with van der Waals surface area (Å²) >= 11 is 3.58. The maximum Gasteiger partial charge on any atom is 0.411 e. The number of hydrogen-bond acceptors (Lipinski definition) is 2. The summed E-state index contributed by atoms with van der Waals surface area (Å²) in [5.41, 5.74) is 1.63. The second-order valence-corrected chi connectivity index (χ2v) is 10.9. The molecule has 1 amide bonds. The Bertz CT molecular complexity index is 1160. The van der Waals surface area contributed by atoms with E-state index in [-0.39, 0.29) is 24.0 Å². The molecular weight excluding hydrogens is 481 g/mol. The van der Waals surface area contributed by atoms with E-state index in [2.05, 4.69) is 34.1 Å². The van der Waals surface area contributed by atoms with Gasteiger partial charge in [-0.2, -0.15) is 0 Å². The fourth-order valence-corrected chi connectivity index (χ4v) is 5.43. The lowest BCUT2D eigenvalue weighted by atomic mass is 9.95. The van der Waals surface area contributed by atoms with Crippen molar-refractivity contribution in [3.05, 3.63) is 82.1 Å². The van der Waals surface area contributed by atoms with E-state index in [1.165, 1.54) is 11.6 Å². The van der Waals surface area contributed by atoms with Crippen molar-refractivity contribution >= 4 is 32.8 Å². The molecule has 0 bridgehead atoms. The van der Waals surface area contributed by atoms with Crippen molar-refractivity contribution in [2.75, 3.05) is 0 Å². The van der Waals surface area contributed by atoms with Crippen LogP contribution < -0.4 is 0 Å². The zero-order valence-corrected chi connectivity index (χ0v) is 21.2. The first-order valence-electron chi connectivity index (χ1n) is 11.6. The maximum atomic E-state index is 14.5. The molecule has 0 aliphatic heterocycles. The molecule has 3 atom stereocenters. The number of carbonyl (C=O) groups excluding carboxylic acids is 1. The molecule has 0 N–H and O–H groups in total. The highest BCUT2D eigenvalue weighted by molar-refractivity contribution is 9.10. The predicted octanol–water partition coefficient (Wildman–Crippen LogP) is 8.38. The van der Waals surface area contributed by atoms with Gasteiger partial charge in [0, 0.05) is 15.9 Å². The van der Waals surface area contributed by atoms with Crippen LogP contribution in [0.1, 0.15) is 70.0 Å². The predicted molar refractivity (Wildman–Crippen MR) is 135 cm³/mol. The lowest BCUT2D eigenvalue weighted by Crippen LogP contribution is -2.44. The molecule has 0 saturated heterocycles. The standard InChI is InChI=1S/C28H31BrFNO2/c1-18(23-14-15-26(30)25-11-6-5-10-24(23)25)31(27(32)33-28(2,3)4)22-13-12-20(17-22)19-8-7-9-21(29)16-19/h5-11,14-16,18,20,22H,12-13,17H2,1-4H3/t18-,20?,22?/m1/s1. The van der Waals surface area contributed by atoms with Crippen LogP contribution in [0.25, 0.3) is 10.8 Å². The molecule has 4 rings (SSSR count). The Morgan fingerprint density at radius 1 is 1.06 bits per heavy atom. The van der Waals surface area contributed by atoms with Gasteiger partial charge in [-0.1, -0.05) is 58.4 Å². The normalized spacial score (nSPS) is 19.5. The van der Waals surface area contributed by atoms with E-state index >= 15 is 0 Å². The van der Waals surface area contributed by atoms with Crippen LogP contribution in [-0.2, 0) is 4.74 Å². The Morgan fingerprint density at radius 2 is 1.79 bits per heavy atom. The highest BCUT2D eigenvalue weighted by Gasteiger charge is 2.38. The molecule has 0 spiro atoms. The highest BCUT2D eigenvalue weighted by Crippen LogP contribution is 2.41. The molecule has 3 aromatic carbocycles. The quantitative estimate of drug-likeness (QED) is 0.352. The summed E-state index contributed by atoms with van der Waals surface area (Å²) in [7, 11) is 0. The van der Waals surface area contributed by atoms with Crippen LogP contribution >= 0.6 is 15.9 Å². The summed E-state index contributed by atoms with van der Waals surface area (Å²) < 4.78 is 21.4. The number of carbonyl (C=O) groups is 1. The summed E-state index contributed by atoms with van der Waals surface area (Å²) in [6.07, 6.45) is 2.47. The van der Waals surface area contributed by atoms with Crippen molar-refractivity contribution in [3.8, 4) is 0 Å². The molecule has 0 heterocycles. The van der Waals surface area contributed by atoms with E-state index < -0.39 is 5.60 Å². The number of benzene rings is 3. The molecule has 1 aliphatic carbocycles. The van der Waals surface area contributed by atoms with Gasteiger partial charge in [0.15, 0.2) is 0 Å². The van der Waals surface area contributed by atoms with Crippen molar-refractivity contribution in [2.45, 2.75) is 70.6 Å². The van der Waals surface area contributed by atoms with Gasteiger partial charge in [-0.05, 0) is 87.6 Å². The molecule has 33 heavy (non-hydrogen) atoms. The molecule has 5 heteroatoms. The molecular formula is C28H31BrFNO2. The second-order valence-electron chi connectivity index (χ2n) is 9.96. The number of ether oxygens (including phenoxy) is 1. The topological polar surface area (TPSA) is 29.5 Å². The van der Waals surface area contributed by atoms with E-state index in [0.717, 1.165) is 34.7 Å². The van der Waals surface area contributed by atoms with Crippen LogP contribution in [0.2, 0.25) is 0 Å². The fraction of sp³-hybridized carbons (Fsp3) is 0.393. The van der Waals surface area contributed by atoms with Crippen LogP contribution in [0.15, 0.2) is 65.1 Å². The van der Waals surface area contributed by atoms with Crippen molar-refractivity contribution in [2.24, 2.45) is 0 Å². The largest absolute Gasteiger partial charge is 0.444 e. The van der Waals surface area contributed by atoms with Crippen molar-refractivity contribution in [1.29, 1.82) is 0 Å². The molecule has 1 fully saturated rings. The van der Waals surface area contributed by atoms with Gasteiger partial charge in [-0.15, -0.1) is 0 Å². The van der Waals surface area contributed by atoms with Gasteiger partial charge in [0.05, 0.1) is 6.04 Å². The summed E-state index contributed by atoms with van der Waals surface area (Å²) in [4.78, 5) is 15.4. The monoisotopic (exact) mass is 511 g/mol. The lowest BCUT2D eigenvalue weighted by Gasteiger charge is -2.37. The van der Waals surface area contributed by atoms with Gasteiger partial charge in [-0.3, -0.25) is 4.90 Å². The Kier molecular flexibility index (Phi) is 6.81. The summed E-state index contributed by atoms with van der Waals surface area (Å²) in [6.45, 7) is 7.69. The van der Waals surface area contributed by atoms with E-state index in [1.807, 2.05) is 56.9 Å². The van der Waals surface area contributed by atoms with Gasteiger partial charge in [0.2, 0.25) is 0 Å². The van der Waals surface area contributed by atoms with Crippen LogP contribution in [-0.4, -0.2) is 22.6 Å². The SMILES string of the molecule is C[C@H](c1ccc(F)c2ccccc12)N(C(=O)OC(C)(C)C)C1CCC(c2cccc(Br)c2)C1. The van der Waals surface area contributed by atoms with E-state index in [4.69, 9.17) is 4.74 Å². The summed E-state index contributed by atoms with van der Waals surface area (Å²) in [5.74, 6) is 0.135. The van der Waals surface area contributed by atoms with Gasteiger partial charge < -0.3 is 4.74 Å². The minimum atomic E-state index is -0.595. The third-order valence-electron chi connectivity index (χ3n) is 6.49. The molecule has 1 saturated carbocycles. The number of rotatable bonds is 4. The van der Waals surface area contributed by atoms with Crippen molar-refractivity contribution < 1.29 is 13.9 Å². The lowest BCUT2D eigenvalue weighted by molar-refractivity contribution is 0.00693. The number of amides is 1. The van der Waals surface area contributed by atoms with Gasteiger partial charge >= 0.3 is 6.09 Å². The Labute approximate surface area is 204 Å². The van der Waals surface area contributed by atoms with Gasteiger partial charge in [0.1, 0.15) is 11.4 Å². The second kappa shape index (κ2) is 9.46. The maximum absolute atomic E-state index is 14.5. The first-order valence-corrected chi connectivity index (χ1v) is 12.4. The first kappa shape index (κ1) is 23.7. The van der Waals surface area contributed by atoms with Crippen LogP contribution in [0, 0.1) is 5.82 Å². The van der Waals surface area contributed by atoms with Gasteiger partial charge in [0.25, 0.3) is 0 Å². The molecule has 0 radical (unpaired) electrons. The Balaban J connectivity index is 1.69. The number of halogens is 2. The minimum absolute atomic E-state index is 0.0441. The van der Waals surface area contributed by atoms with E-state index in [1.54, 1.807) is 12.1 Å². The minimum Gasteiger partial charge on any atom is -0.444 e. The zero-order chi connectivity index (χ0) is 23.8. The third-order valence-corrected chi connectivity index (χ3v) is 6.99. The smallest absolute Gasteiger partial charge is 0.411 e. The van der Waals surface area contributed by atoms with Crippen molar-refractivity contribution in [3.63, 3.8) is 0 Å². The highest BCUT2D eigenvalue weighted by atomic mass is 79.9. The molecule has 2 unspecified atom stereocenters. The summed E-state index contributed by atoms with van der Waals surface area (Å²) in [5, 5.41) is 1.41. The Hall–Kier alpha value is -2.40. The molecule has 174 valence electrons. The van der Waals surface area contributed by atoms with E-state index in [0.29, 0.717) is 11.3 Å².